The lowest BCUT2D eigenvalue weighted by molar-refractivity contribution is -0.125. The predicted octanol–water partition coefficient (Wildman–Crippen LogP) is 2.91. The molecule has 8 heteroatoms. The van der Waals surface area contributed by atoms with Gasteiger partial charge in [-0.25, -0.2) is 4.79 Å². The number of amides is 3. The van der Waals surface area contributed by atoms with Gasteiger partial charge in [0.1, 0.15) is 6.61 Å². The minimum Gasteiger partial charge on any atom is -0.447 e. The van der Waals surface area contributed by atoms with Crippen molar-refractivity contribution in [2.45, 2.75) is 38.5 Å². The number of carbonyl (C=O) groups is 3. The number of nitrogens with one attached hydrogen (secondary N) is 3. The zero-order valence-electron chi connectivity index (χ0n) is 16.3. The lowest BCUT2D eigenvalue weighted by atomic mass is 9.87. The molecule has 1 aromatic rings. The van der Waals surface area contributed by atoms with E-state index in [0.717, 1.165) is 12.8 Å². The van der Waals surface area contributed by atoms with E-state index in [1.165, 1.54) is 26.4 Å². The minimum absolute atomic E-state index is 0.0811. The normalized spacial score (nSPS) is 14.2. The molecule has 1 aliphatic rings. The lowest BCUT2D eigenvalue weighted by Crippen LogP contribution is -2.34. The third kappa shape index (κ3) is 8.39. The van der Waals surface area contributed by atoms with Crippen molar-refractivity contribution in [1.29, 1.82) is 0 Å². The van der Waals surface area contributed by atoms with Gasteiger partial charge in [0.05, 0.1) is 13.2 Å². The fourth-order valence-corrected chi connectivity index (χ4v) is 3.16. The van der Waals surface area contributed by atoms with Crippen molar-refractivity contribution in [2.75, 3.05) is 37.5 Å². The first-order chi connectivity index (χ1) is 13.6. The number of hydrogen-bond acceptors (Lipinski definition) is 5. The Morgan fingerprint density at radius 2 is 1.71 bits per heavy atom. The van der Waals surface area contributed by atoms with Gasteiger partial charge in [0.25, 0.3) is 0 Å². The van der Waals surface area contributed by atoms with Gasteiger partial charge in [-0.3, -0.25) is 14.9 Å². The smallest absolute Gasteiger partial charge is 0.411 e. The molecule has 0 aliphatic heterocycles. The summed E-state index contributed by atoms with van der Waals surface area (Å²) in [6, 6.07) is 6.68. The number of rotatable bonds is 9. The van der Waals surface area contributed by atoms with E-state index in [0.29, 0.717) is 30.3 Å². The zero-order chi connectivity index (χ0) is 20.2. The van der Waals surface area contributed by atoms with Crippen LogP contribution in [0.25, 0.3) is 0 Å². The Bertz CT molecular complexity index is 659. The van der Waals surface area contributed by atoms with Gasteiger partial charge in [-0.1, -0.05) is 25.3 Å². The molecule has 154 valence electrons. The summed E-state index contributed by atoms with van der Waals surface area (Å²) in [7, 11) is 1.52. The van der Waals surface area contributed by atoms with Gasteiger partial charge in [0.15, 0.2) is 0 Å². The molecule has 0 bridgehead atoms. The Hall–Kier alpha value is -2.61. The Morgan fingerprint density at radius 3 is 2.43 bits per heavy atom. The van der Waals surface area contributed by atoms with Crippen LogP contribution in [0, 0.1) is 5.92 Å². The second kappa shape index (κ2) is 12.0. The largest absolute Gasteiger partial charge is 0.447 e. The van der Waals surface area contributed by atoms with Crippen LogP contribution in [0.1, 0.15) is 38.5 Å². The first-order valence-electron chi connectivity index (χ1n) is 9.66. The van der Waals surface area contributed by atoms with Crippen molar-refractivity contribution in [3.05, 3.63) is 24.3 Å². The molecular formula is C20H29N3O5. The van der Waals surface area contributed by atoms with Crippen molar-refractivity contribution in [2.24, 2.45) is 5.92 Å². The highest BCUT2D eigenvalue weighted by molar-refractivity contribution is 5.95. The fourth-order valence-electron chi connectivity index (χ4n) is 3.16. The lowest BCUT2D eigenvalue weighted by Gasteiger charge is -2.20. The van der Waals surface area contributed by atoms with E-state index < -0.39 is 6.09 Å². The van der Waals surface area contributed by atoms with Crippen LogP contribution in [0.15, 0.2) is 24.3 Å². The van der Waals surface area contributed by atoms with Gasteiger partial charge in [-0.15, -0.1) is 0 Å². The van der Waals surface area contributed by atoms with Crippen LogP contribution in [0.5, 0.6) is 0 Å². The van der Waals surface area contributed by atoms with E-state index in [4.69, 9.17) is 9.47 Å². The number of hydrogen-bond donors (Lipinski definition) is 3. The zero-order valence-corrected chi connectivity index (χ0v) is 16.3. The molecular weight excluding hydrogens is 362 g/mol. The van der Waals surface area contributed by atoms with Crippen molar-refractivity contribution >= 4 is 29.3 Å². The molecule has 2 rings (SSSR count). The maximum Gasteiger partial charge on any atom is 0.411 e. The van der Waals surface area contributed by atoms with Crippen LogP contribution in [-0.2, 0) is 19.1 Å². The highest BCUT2D eigenvalue weighted by Crippen LogP contribution is 2.26. The summed E-state index contributed by atoms with van der Waals surface area (Å²) in [5.74, 6) is 0.0244. The van der Waals surface area contributed by atoms with Crippen molar-refractivity contribution in [3.8, 4) is 0 Å². The molecule has 0 spiro atoms. The molecule has 0 radical (unpaired) electrons. The summed E-state index contributed by atoms with van der Waals surface area (Å²) in [4.78, 5) is 35.7. The Kier molecular flexibility index (Phi) is 9.27. The monoisotopic (exact) mass is 391 g/mol. The van der Waals surface area contributed by atoms with E-state index in [1.807, 2.05) is 0 Å². The molecule has 28 heavy (non-hydrogen) atoms. The van der Waals surface area contributed by atoms with Crippen molar-refractivity contribution in [3.63, 3.8) is 0 Å². The number of benzene rings is 1. The summed E-state index contributed by atoms with van der Waals surface area (Å²) >= 11 is 0. The van der Waals surface area contributed by atoms with Crippen molar-refractivity contribution in [1.82, 2.24) is 5.32 Å². The Balaban J connectivity index is 1.72. The third-order valence-corrected chi connectivity index (χ3v) is 4.56. The number of methoxy groups -OCH3 is 1. The first kappa shape index (κ1) is 21.7. The summed E-state index contributed by atoms with van der Waals surface area (Å²) in [6.45, 7) is 0.386. The van der Waals surface area contributed by atoms with Crippen LogP contribution >= 0.6 is 0 Å². The maximum absolute atomic E-state index is 12.1. The molecule has 1 fully saturated rings. The fraction of sp³-hybridized carbons (Fsp3) is 0.550. The second-order valence-electron chi connectivity index (χ2n) is 6.87. The van der Waals surface area contributed by atoms with Crippen LogP contribution in [-0.4, -0.2) is 44.8 Å². The molecule has 8 nitrogen and oxygen atoms in total. The van der Waals surface area contributed by atoms with Gasteiger partial charge >= 0.3 is 6.09 Å². The number of anilines is 2. The average Bonchev–Trinajstić information content (AvgIpc) is 2.68. The predicted molar refractivity (Wildman–Crippen MR) is 106 cm³/mol. The van der Waals surface area contributed by atoms with E-state index in [9.17, 15) is 14.4 Å². The highest BCUT2D eigenvalue weighted by Gasteiger charge is 2.17. The standard InChI is InChI=1S/C20H29N3O5/c1-27-10-11-28-20(26)23-17-9-5-8-16(13-17)22-19(25)14-21-18(24)12-15-6-3-2-4-7-15/h5,8-9,13,15H,2-4,6-7,10-12,14H2,1H3,(H,21,24)(H,22,25)(H,23,26). The second-order valence-corrected chi connectivity index (χ2v) is 6.87. The maximum atomic E-state index is 12.1. The Morgan fingerprint density at radius 1 is 1.00 bits per heavy atom. The molecule has 1 saturated carbocycles. The van der Waals surface area contributed by atoms with Crippen LogP contribution < -0.4 is 16.0 Å². The molecule has 0 atom stereocenters. The van der Waals surface area contributed by atoms with Crippen LogP contribution in [0.2, 0.25) is 0 Å². The van der Waals surface area contributed by atoms with Gasteiger partial charge < -0.3 is 20.1 Å². The van der Waals surface area contributed by atoms with Crippen LogP contribution in [0.4, 0.5) is 16.2 Å². The molecule has 3 amide bonds. The topological polar surface area (TPSA) is 106 Å². The van der Waals surface area contributed by atoms with E-state index >= 15 is 0 Å². The van der Waals surface area contributed by atoms with E-state index in [-0.39, 0.29) is 25.0 Å². The number of ether oxygens (including phenoxy) is 2. The van der Waals surface area contributed by atoms with Crippen LogP contribution in [0.3, 0.4) is 0 Å². The van der Waals surface area contributed by atoms with Gasteiger partial charge in [0.2, 0.25) is 11.8 Å². The summed E-state index contributed by atoms with van der Waals surface area (Å²) in [5.41, 5.74) is 1.00. The molecule has 1 aromatic carbocycles. The first-order valence-corrected chi connectivity index (χ1v) is 9.66. The van der Waals surface area contributed by atoms with Crippen molar-refractivity contribution < 1.29 is 23.9 Å². The van der Waals surface area contributed by atoms with Gasteiger partial charge in [0, 0.05) is 24.9 Å². The van der Waals surface area contributed by atoms with E-state index in [1.54, 1.807) is 24.3 Å². The SMILES string of the molecule is COCCOC(=O)Nc1cccc(NC(=O)CNC(=O)CC2CCCCC2)c1. The molecule has 1 aliphatic carbocycles. The molecule has 0 unspecified atom stereocenters. The van der Waals surface area contributed by atoms with Gasteiger partial charge in [-0.05, 0) is 37.0 Å². The summed E-state index contributed by atoms with van der Waals surface area (Å²) in [5, 5.41) is 7.95. The summed E-state index contributed by atoms with van der Waals surface area (Å²) in [6.07, 6.45) is 5.68. The average molecular weight is 391 g/mol. The highest BCUT2D eigenvalue weighted by atomic mass is 16.6. The number of carbonyl (C=O) groups excluding carboxylic acids is 3. The van der Waals surface area contributed by atoms with E-state index in [2.05, 4.69) is 16.0 Å². The third-order valence-electron chi connectivity index (χ3n) is 4.56. The molecule has 0 aromatic heterocycles. The minimum atomic E-state index is -0.601. The molecule has 0 heterocycles. The molecule has 0 saturated heterocycles. The molecule has 3 N–H and O–H groups in total. The summed E-state index contributed by atoms with van der Waals surface area (Å²) < 4.78 is 9.73. The Labute approximate surface area is 165 Å². The quantitative estimate of drug-likeness (QED) is 0.561. The van der Waals surface area contributed by atoms with Gasteiger partial charge in [-0.2, -0.15) is 0 Å².